The van der Waals surface area contributed by atoms with Crippen LogP contribution in [0, 0.1) is 0 Å². The van der Waals surface area contributed by atoms with Gasteiger partial charge >= 0.3 is 0 Å². The summed E-state index contributed by atoms with van der Waals surface area (Å²) in [6, 6.07) is 14.9. The number of benzene rings is 2. The highest BCUT2D eigenvalue weighted by atomic mass is 16.5. The van der Waals surface area contributed by atoms with Gasteiger partial charge in [-0.1, -0.05) is 48.6 Å². The molecule has 1 nitrogen and oxygen atoms in total. The van der Waals surface area contributed by atoms with Crippen molar-refractivity contribution >= 4 is 10.8 Å². The second-order valence-electron chi connectivity index (χ2n) is 3.79. The van der Waals surface area contributed by atoms with Gasteiger partial charge in [-0.2, -0.15) is 0 Å². The van der Waals surface area contributed by atoms with Crippen molar-refractivity contribution in [1.82, 2.24) is 0 Å². The summed E-state index contributed by atoms with van der Waals surface area (Å²) in [6.45, 7) is 0.734. The Balaban J connectivity index is 2.09. The second kappa shape index (κ2) is 3.52. The van der Waals surface area contributed by atoms with Crippen molar-refractivity contribution in [3.05, 3.63) is 60.2 Å². The molecular formula is C14H12O. The maximum Gasteiger partial charge on any atom is 0.101 e. The summed E-state index contributed by atoms with van der Waals surface area (Å²) in [6.07, 6.45) is 4.33. The molecule has 3 rings (SSSR count). The van der Waals surface area contributed by atoms with Crippen LogP contribution in [-0.4, -0.2) is 6.61 Å². The van der Waals surface area contributed by atoms with Gasteiger partial charge in [0, 0.05) is 0 Å². The number of rotatable bonds is 1. The Morgan fingerprint density at radius 3 is 2.67 bits per heavy atom. The van der Waals surface area contributed by atoms with Crippen LogP contribution >= 0.6 is 0 Å². The summed E-state index contributed by atoms with van der Waals surface area (Å²) in [5, 5.41) is 2.56. The highest BCUT2D eigenvalue weighted by Crippen LogP contribution is 2.26. The van der Waals surface area contributed by atoms with E-state index in [1.165, 1.54) is 16.3 Å². The van der Waals surface area contributed by atoms with Gasteiger partial charge < -0.3 is 4.74 Å². The lowest BCUT2D eigenvalue weighted by molar-refractivity contribution is 0.129. The van der Waals surface area contributed by atoms with Gasteiger partial charge in [0.1, 0.15) is 6.10 Å². The fourth-order valence-corrected chi connectivity index (χ4v) is 1.99. The molecule has 0 radical (unpaired) electrons. The average molecular weight is 196 g/mol. The molecule has 15 heavy (non-hydrogen) atoms. The lowest BCUT2D eigenvalue weighted by Crippen LogP contribution is -1.95. The highest BCUT2D eigenvalue weighted by molar-refractivity contribution is 5.83. The minimum Gasteiger partial charge on any atom is -0.365 e. The third-order valence-corrected chi connectivity index (χ3v) is 2.78. The van der Waals surface area contributed by atoms with Gasteiger partial charge in [-0.05, 0) is 22.4 Å². The number of hydrogen-bond acceptors (Lipinski definition) is 1. The van der Waals surface area contributed by atoms with E-state index in [1.54, 1.807) is 0 Å². The van der Waals surface area contributed by atoms with E-state index in [2.05, 4.69) is 54.6 Å². The van der Waals surface area contributed by atoms with Gasteiger partial charge in [-0.25, -0.2) is 0 Å². The molecular weight excluding hydrogens is 184 g/mol. The SMILES string of the molecule is C1=C[C@@H](c2ccc3ccccc3c2)OC1. The lowest BCUT2D eigenvalue weighted by atomic mass is 10.0. The third-order valence-electron chi connectivity index (χ3n) is 2.78. The maximum absolute atomic E-state index is 5.58. The number of ether oxygens (including phenoxy) is 1. The Bertz CT molecular complexity index is 513. The standard InChI is InChI=1S/C14H12O/c1-2-5-12-10-13(8-7-11(12)4-1)14-6-3-9-15-14/h1-8,10,14H,9H2/t14-/m0/s1. The zero-order valence-corrected chi connectivity index (χ0v) is 8.39. The second-order valence-corrected chi connectivity index (χ2v) is 3.79. The van der Waals surface area contributed by atoms with E-state index < -0.39 is 0 Å². The average Bonchev–Trinajstić information content (AvgIpc) is 2.82. The molecule has 0 saturated carbocycles. The first-order valence-corrected chi connectivity index (χ1v) is 5.20. The molecule has 2 aromatic carbocycles. The van der Waals surface area contributed by atoms with E-state index in [4.69, 9.17) is 4.74 Å². The Morgan fingerprint density at radius 2 is 1.87 bits per heavy atom. The van der Waals surface area contributed by atoms with Crippen LogP contribution in [0.25, 0.3) is 10.8 Å². The summed E-state index contributed by atoms with van der Waals surface area (Å²) in [5.41, 5.74) is 1.24. The van der Waals surface area contributed by atoms with Gasteiger partial charge in [0.05, 0.1) is 6.61 Å². The summed E-state index contributed by atoms with van der Waals surface area (Å²) >= 11 is 0. The maximum atomic E-state index is 5.58. The minimum absolute atomic E-state index is 0.148. The molecule has 0 saturated heterocycles. The van der Waals surface area contributed by atoms with Crippen molar-refractivity contribution in [3.8, 4) is 0 Å². The first kappa shape index (κ1) is 8.69. The molecule has 0 N–H and O–H groups in total. The molecule has 0 fully saturated rings. The van der Waals surface area contributed by atoms with E-state index in [9.17, 15) is 0 Å². The third kappa shape index (κ3) is 1.55. The smallest absolute Gasteiger partial charge is 0.101 e. The zero-order chi connectivity index (χ0) is 10.1. The van der Waals surface area contributed by atoms with Crippen LogP contribution in [0.2, 0.25) is 0 Å². The molecule has 2 aromatic rings. The molecule has 1 aliphatic heterocycles. The largest absolute Gasteiger partial charge is 0.365 e. The van der Waals surface area contributed by atoms with Crippen molar-refractivity contribution in [2.24, 2.45) is 0 Å². The van der Waals surface area contributed by atoms with Crippen molar-refractivity contribution in [3.63, 3.8) is 0 Å². The van der Waals surface area contributed by atoms with Crippen LogP contribution in [0.4, 0.5) is 0 Å². The topological polar surface area (TPSA) is 9.23 Å². The molecule has 0 aliphatic carbocycles. The van der Waals surface area contributed by atoms with Gasteiger partial charge in [-0.15, -0.1) is 0 Å². The van der Waals surface area contributed by atoms with E-state index in [-0.39, 0.29) is 6.10 Å². The van der Waals surface area contributed by atoms with Gasteiger partial charge in [0.2, 0.25) is 0 Å². The summed E-state index contributed by atoms with van der Waals surface area (Å²) < 4.78 is 5.58. The normalized spacial score (nSPS) is 19.9. The number of fused-ring (bicyclic) bond motifs is 1. The molecule has 1 aliphatic rings. The van der Waals surface area contributed by atoms with Crippen LogP contribution in [0.5, 0.6) is 0 Å². The fraction of sp³-hybridized carbons (Fsp3) is 0.143. The Labute approximate surface area is 89.0 Å². The van der Waals surface area contributed by atoms with Gasteiger partial charge in [0.15, 0.2) is 0 Å². The highest BCUT2D eigenvalue weighted by Gasteiger charge is 2.11. The summed E-state index contributed by atoms with van der Waals surface area (Å²) in [5.74, 6) is 0. The van der Waals surface area contributed by atoms with E-state index in [1.807, 2.05) is 0 Å². The molecule has 1 atom stereocenters. The van der Waals surface area contributed by atoms with Crippen LogP contribution < -0.4 is 0 Å². The van der Waals surface area contributed by atoms with Crippen LogP contribution in [0.15, 0.2) is 54.6 Å². The Kier molecular flexibility index (Phi) is 2.04. The molecule has 74 valence electrons. The van der Waals surface area contributed by atoms with E-state index >= 15 is 0 Å². The molecule has 0 amide bonds. The number of hydrogen-bond donors (Lipinski definition) is 0. The van der Waals surface area contributed by atoms with Crippen LogP contribution in [0.3, 0.4) is 0 Å². The molecule has 0 unspecified atom stereocenters. The van der Waals surface area contributed by atoms with Gasteiger partial charge in [0.25, 0.3) is 0 Å². The van der Waals surface area contributed by atoms with Gasteiger partial charge in [-0.3, -0.25) is 0 Å². The van der Waals surface area contributed by atoms with E-state index in [0.717, 1.165) is 6.61 Å². The zero-order valence-electron chi connectivity index (χ0n) is 8.39. The molecule has 0 spiro atoms. The Hall–Kier alpha value is -1.60. The molecule has 1 heteroatoms. The van der Waals surface area contributed by atoms with Crippen molar-refractivity contribution in [2.75, 3.05) is 6.61 Å². The summed E-state index contributed by atoms with van der Waals surface area (Å²) in [7, 11) is 0. The van der Waals surface area contributed by atoms with Crippen LogP contribution in [-0.2, 0) is 4.74 Å². The lowest BCUT2D eigenvalue weighted by Gasteiger charge is -2.09. The van der Waals surface area contributed by atoms with E-state index in [0.29, 0.717) is 0 Å². The Morgan fingerprint density at radius 1 is 1.00 bits per heavy atom. The molecule has 0 bridgehead atoms. The predicted molar refractivity (Wildman–Crippen MR) is 61.8 cm³/mol. The first-order chi connectivity index (χ1) is 7.43. The fourth-order valence-electron chi connectivity index (χ4n) is 1.99. The predicted octanol–water partition coefficient (Wildman–Crippen LogP) is 3.47. The molecule has 0 aromatic heterocycles. The van der Waals surface area contributed by atoms with Crippen molar-refractivity contribution < 1.29 is 4.74 Å². The molecule has 1 heterocycles. The first-order valence-electron chi connectivity index (χ1n) is 5.20. The van der Waals surface area contributed by atoms with Crippen LogP contribution in [0.1, 0.15) is 11.7 Å². The minimum atomic E-state index is 0.148. The quantitative estimate of drug-likeness (QED) is 0.634. The monoisotopic (exact) mass is 196 g/mol. The van der Waals surface area contributed by atoms with Crippen molar-refractivity contribution in [2.45, 2.75) is 6.10 Å². The summed E-state index contributed by atoms with van der Waals surface area (Å²) in [4.78, 5) is 0. The van der Waals surface area contributed by atoms with Crippen molar-refractivity contribution in [1.29, 1.82) is 0 Å².